The van der Waals surface area contributed by atoms with Crippen molar-refractivity contribution >= 4 is 17.6 Å². The van der Waals surface area contributed by atoms with E-state index in [1.54, 1.807) is 23.1 Å². The van der Waals surface area contributed by atoms with E-state index in [1.807, 2.05) is 6.07 Å². The van der Waals surface area contributed by atoms with Gasteiger partial charge in [0.25, 0.3) is 5.91 Å². The Bertz CT molecular complexity index is 806. The van der Waals surface area contributed by atoms with Crippen LogP contribution in [0.5, 0.6) is 11.5 Å². The molecule has 0 saturated carbocycles. The molecule has 1 fully saturated rings. The number of likely N-dealkylation sites (tertiary alicyclic amines) is 1. The van der Waals surface area contributed by atoms with E-state index in [4.69, 9.17) is 14.7 Å². The number of rotatable bonds is 4. The third-order valence-corrected chi connectivity index (χ3v) is 4.92. The number of nitriles is 1. The van der Waals surface area contributed by atoms with Crippen LogP contribution in [0.3, 0.4) is 0 Å². The maximum absolute atomic E-state index is 12.6. The number of hydrogen-bond donors (Lipinski definition) is 1. The van der Waals surface area contributed by atoms with Gasteiger partial charge in [0.15, 0.2) is 12.4 Å². The van der Waals surface area contributed by atoms with Crippen molar-refractivity contribution in [2.45, 2.75) is 31.8 Å². The molecule has 0 aliphatic carbocycles. The second-order valence-corrected chi connectivity index (χ2v) is 6.77. The molecule has 1 saturated heterocycles. The Morgan fingerprint density at radius 2 is 2.11 bits per heavy atom. The summed E-state index contributed by atoms with van der Waals surface area (Å²) < 4.78 is 11.6. The van der Waals surface area contributed by atoms with Crippen molar-refractivity contribution in [3.8, 4) is 17.6 Å². The number of nitrogens with one attached hydrogen (secondary N) is 1. The van der Waals surface area contributed by atoms with Crippen molar-refractivity contribution in [2.75, 3.05) is 26.2 Å². The zero-order chi connectivity index (χ0) is 19.4. The van der Waals surface area contributed by atoms with E-state index >= 15 is 0 Å². The van der Waals surface area contributed by atoms with Crippen molar-refractivity contribution in [1.29, 1.82) is 5.26 Å². The van der Waals surface area contributed by atoms with Crippen molar-refractivity contribution in [3.63, 3.8) is 0 Å². The molecule has 142 valence electrons. The fraction of sp³-hybridized carbons (Fsp3) is 0.474. The standard InChI is InChI=1S/C19H21N3O5/c1-13(23)22-8-4-19(5-9-22)11-16(24)15-3-2-14(10-17(15)27-19)26-12-18(25)21-7-6-20/h2-3,10H,4-5,7-9,11-12H2,1H3,(H,21,25). The van der Waals surface area contributed by atoms with E-state index < -0.39 is 11.5 Å². The quantitative estimate of drug-likeness (QED) is 0.793. The number of carbonyl (C=O) groups excluding carboxylic acids is 3. The number of piperidine rings is 1. The maximum atomic E-state index is 12.6. The topological polar surface area (TPSA) is 109 Å². The summed E-state index contributed by atoms with van der Waals surface area (Å²) in [5, 5.41) is 10.8. The molecule has 0 aromatic heterocycles. The van der Waals surface area contributed by atoms with Crippen LogP contribution >= 0.6 is 0 Å². The zero-order valence-corrected chi connectivity index (χ0v) is 15.1. The molecular weight excluding hydrogens is 350 g/mol. The highest BCUT2D eigenvalue weighted by atomic mass is 16.5. The molecule has 0 bridgehead atoms. The first-order valence-corrected chi connectivity index (χ1v) is 8.81. The molecule has 2 heterocycles. The number of nitrogens with zero attached hydrogens (tertiary/aromatic N) is 2. The molecule has 0 radical (unpaired) electrons. The molecule has 0 unspecified atom stereocenters. The first kappa shape index (κ1) is 18.7. The lowest BCUT2D eigenvalue weighted by Gasteiger charge is -2.43. The molecule has 1 spiro atoms. The molecule has 2 aliphatic rings. The van der Waals surface area contributed by atoms with Gasteiger partial charge in [0.05, 0.1) is 18.1 Å². The SMILES string of the molecule is CC(=O)N1CCC2(CC1)CC(=O)c1ccc(OCC(=O)NCC#N)cc1O2. The highest BCUT2D eigenvalue weighted by Gasteiger charge is 2.43. The smallest absolute Gasteiger partial charge is 0.258 e. The number of ether oxygens (including phenoxy) is 2. The molecule has 2 aliphatic heterocycles. The molecule has 1 N–H and O–H groups in total. The summed E-state index contributed by atoms with van der Waals surface area (Å²) in [4.78, 5) is 37.4. The normalized spacial score (nSPS) is 17.5. The number of ketones is 1. The first-order valence-electron chi connectivity index (χ1n) is 8.81. The lowest BCUT2D eigenvalue weighted by molar-refractivity contribution is -0.132. The van der Waals surface area contributed by atoms with Crippen LogP contribution in [-0.4, -0.2) is 54.3 Å². The molecule has 1 aromatic carbocycles. The molecule has 1 aromatic rings. The van der Waals surface area contributed by atoms with E-state index in [0.717, 1.165) is 0 Å². The fourth-order valence-corrected chi connectivity index (χ4v) is 3.41. The second kappa shape index (κ2) is 7.66. The Balaban J connectivity index is 1.69. The zero-order valence-electron chi connectivity index (χ0n) is 15.1. The maximum Gasteiger partial charge on any atom is 0.258 e. The summed E-state index contributed by atoms with van der Waals surface area (Å²) >= 11 is 0. The van der Waals surface area contributed by atoms with Gasteiger partial charge in [-0.15, -0.1) is 0 Å². The summed E-state index contributed by atoms with van der Waals surface area (Å²) in [7, 11) is 0. The van der Waals surface area contributed by atoms with Crippen LogP contribution in [0, 0.1) is 11.3 Å². The molecule has 8 nitrogen and oxygen atoms in total. The lowest BCUT2D eigenvalue weighted by Crippen LogP contribution is -2.51. The van der Waals surface area contributed by atoms with Crippen LogP contribution in [0.2, 0.25) is 0 Å². The number of benzene rings is 1. The summed E-state index contributed by atoms with van der Waals surface area (Å²) in [6, 6.07) is 6.69. The number of fused-ring (bicyclic) bond motifs is 1. The van der Waals surface area contributed by atoms with Crippen LogP contribution < -0.4 is 14.8 Å². The minimum Gasteiger partial charge on any atom is -0.486 e. The van der Waals surface area contributed by atoms with E-state index in [-0.39, 0.29) is 24.8 Å². The summed E-state index contributed by atoms with van der Waals surface area (Å²) in [6.07, 6.45) is 1.49. The van der Waals surface area contributed by atoms with E-state index in [1.165, 1.54) is 6.92 Å². The minimum atomic E-state index is -0.598. The Kier molecular flexibility index (Phi) is 5.31. The lowest BCUT2D eigenvalue weighted by atomic mass is 9.82. The molecule has 8 heteroatoms. The first-order chi connectivity index (χ1) is 12.9. The molecular formula is C19H21N3O5. The van der Waals surface area contributed by atoms with Crippen LogP contribution in [-0.2, 0) is 9.59 Å². The Morgan fingerprint density at radius 1 is 1.37 bits per heavy atom. The molecule has 0 atom stereocenters. The van der Waals surface area contributed by atoms with Crippen molar-refractivity contribution in [3.05, 3.63) is 23.8 Å². The van der Waals surface area contributed by atoms with Crippen LogP contribution in [0.25, 0.3) is 0 Å². The van der Waals surface area contributed by atoms with Gasteiger partial charge in [0.2, 0.25) is 5.91 Å². The van der Waals surface area contributed by atoms with E-state index in [2.05, 4.69) is 5.32 Å². The summed E-state index contributed by atoms with van der Waals surface area (Å²) in [6.45, 7) is 2.36. The third kappa shape index (κ3) is 4.19. The predicted molar refractivity (Wildman–Crippen MR) is 94.4 cm³/mol. The number of amides is 2. The highest BCUT2D eigenvalue weighted by molar-refractivity contribution is 6.00. The molecule has 27 heavy (non-hydrogen) atoms. The summed E-state index contributed by atoms with van der Waals surface area (Å²) in [5.41, 5.74) is -0.102. The van der Waals surface area contributed by atoms with E-state index in [9.17, 15) is 14.4 Å². The van der Waals surface area contributed by atoms with Gasteiger partial charge in [-0.3, -0.25) is 14.4 Å². The van der Waals surface area contributed by atoms with Gasteiger partial charge in [-0.25, -0.2) is 0 Å². The predicted octanol–water partition coefficient (Wildman–Crippen LogP) is 1.05. The fourth-order valence-electron chi connectivity index (χ4n) is 3.41. The van der Waals surface area contributed by atoms with Gasteiger partial charge in [-0.05, 0) is 12.1 Å². The Hall–Kier alpha value is -3.08. The van der Waals surface area contributed by atoms with E-state index in [0.29, 0.717) is 49.4 Å². The van der Waals surface area contributed by atoms with Gasteiger partial charge < -0.3 is 19.7 Å². The Morgan fingerprint density at radius 3 is 2.78 bits per heavy atom. The average molecular weight is 371 g/mol. The second-order valence-electron chi connectivity index (χ2n) is 6.77. The number of carbonyl (C=O) groups is 3. The summed E-state index contributed by atoms with van der Waals surface area (Å²) in [5.74, 6) is 0.479. The average Bonchev–Trinajstić information content (AvgIpc) is 2.64. The third-order valence-electron chi connectivity index (χ3n) is 4.92. The molecule has 2 amide bonds. The largest absolute Gasteiger partial charge is 0.486 e. The number of hydrogen-bond acceptors (Lipinski definition) is 6. The van der Waals surface area contributed by atoms with Gasteiger partial charge in [-0.2, -0.15) is 5.26 Å². The van der Waals surface area contributed by atoms with Crippen molar-refractivity contribution in [2.24, 2.45) is 0 Å². The minimum absolute atomic E-state index is 0.00541. The highest BCUT2D eigenvalue weighted by Crippen LogP contribution is 2.40. The van der Waals surface area contributed by atoms with Gasteiger partial charge >= 0.3 is 0 Å². The van der Waals surface area contributed by atoms with Crippen molar-refractivity contribution in [1.82, 2.24) is 10.2 Å². The van der Waals surface area contributed by atoms with Crippen molar-refractivity contribution < 1.29 is 23.9 Å². The van der Waals surface area contributed by atoms with Gasteiger partial charge in [0.1, 0.15) is 23.6 Å². The van der Waals surface area contributed by atoms with Crippen LogP contribution in [0.4, 0.5) is 0 Å². The van der Waals surface area contributed by atoms with Gasteiger partial charge in [-0.1, -0.05) is 0 Å². The Labute approximate surface area is 157 Å². The van der Waals surface area contributed by atoms with Gasteiger partial charge in [0, 0.05) is 38.9 Å². The van der Waals surface area contributed by atoms with Crippen LogP contribution in [0.1, 0.15) is 36.5 Å². The van der Waals surface area contributed by atoms with Crippen LogP contribution in [0.15, 0.2) is 18.2 Å². The monoisotopic (exact) mass is 371 g/mol. The molecule has 3 rings (SSSR count). The number of Topliss-reactive ketones (excluding diaryl/α,β-unsaturated/α-hetero) is 1.